The van der Waals surface area contributed by atoms with E-state index in [-0.39, 0.29) is 11.9 Å². The van der Waals surface area contributed by atoms with Gasteiger partial charge in [-0.2, -0.15) is 0 Å². The van der Waals surface area contributed by atoms with Crippen LogP contribution < -0.4 is 0 Å². The first-order valence-corrected chi connectivity index (χ1v) is 5.96. The molecular formula is C16H16O2. The van der Waals surface area contributed by atoms with Gasteiger partial charge >= 0.3 is 5.97 Å². The van der Waals surface area contributed by atoms with Crippen LogP contribution in [0.2, 0.25) is 0 Å². The van der Waals surface area contributed by atoms with E-state index in [2.05, 4.69) is 0 Å². The molecule has 0 N–H and O–H groups in total. The summed E-state index contributed by atoms with van der Waals surface area (Å²) in [5.74, 6) is -0.468. The predicted octanol–water partition coefficient (Wildman–Crippen LogP) is 3.63. The molecule has 0 bridgehead atoms. The molecular weight excluding hydrogens is 224 g/mol. The van der Waals surface area contributed by atoms with Crippen LogP contribution in [-0.2, 0) is 9.53 Å². The Hall–Kier alpha value is -2.09. The molecule has 0 aliphatic rings. The Morgan fingerprint density at radius 2 is 1.61 bits per heavy atom. The van der Waals surface area contributed by atoms with Crippen molar-refractivity contribution in [3.63, 3.8) is 0 Å². The van der Waals surface area contributed by atoms with Gasteiger partial charge in [0.05, 0.1) is 13.0 Å². The summed E-state index contributed by atoms with van der Waals surface area (Å²) in [5, 5.41) is 0. The molecule has 0 aliphatic carbocycles. The zero-order valence-corrected chi connectivity index (χ0v) is 10.6. The highest BCUT2D eigenvalue weighted by atomic mass is 16.5. The van der Waals surface area contributed by atoms with Gasteiger partial charge in [0, 0.05) is 0 Å². The van der Waals surface area contributed by atoms with Crippen molar-refractivity contribution in [3.05, 3.63) is 60.2 Å². The lowest BCUT2D eigenvalue weighted by atomic mass is 9.92. The molecule has 0 aromatic heterocycles. The second kappa shape index (κ2) is 5.50. The van der Waals surface area contributed by atoms with E-state index < -0.39 is 0 Å². The number of carbonyl (C=O) groups excluding carboxylic acids is 1. The van der Waals surface area contributed by atoms with Crippen LogP contribution in [-0.4, -0.2) is 13.1 Å². The Kier molecular flexibility index (Phi) is 3.78. The summed E-state index contributed by atoms with van der Waals surface area (Å²) >= 11 is 0. The molecule has 1 atom stereocenters. The van der Waals surface area contributed by atoms with Crippen LogP contribution in [0.15, 0.2) is 54.6 Å². The van der Waals surface area contributed by atoms with E-state index in [0.717, 1.165) is 16.7 Å². The van der Waals surface area contributed by atoms with Gasteiger partial charge in [-0.1, -0.05) is 54.6 Å². The third-order valence-electron chi connectivity index (χ3n) is 3.07. The zero-order chi connectivity index (χ0) is 13.0. The van der Waals surface area contributed by atoms with Crippen LogP contribution in [0.25, 0.3) is 11.1 Å². The lowest BCUT2D eigenvalue weighted by molar-refractivity contribution is -0.141. The van der Waals surface area contributed by atoms with Gasteiger partial charge in [-0.3, -0.25) is 4.79 Å². The highest BCUT2D eigenvalue weighted by Gasteiger charge is 2.18. The average molecular weight is 240 g/mol. The van der Waals surface area contributed by atoms with Crippen molar-refractivity contribution in [2.75, 3.05) is 7.11 Å². The van der Waals surface area contributed by atoms with E-state index in [1.165, 1.54) is 7.11 Å². The standard InChI is InChI=1S/C16H16O2/c1-12(16(17)18-2)14-10-6-7-11-15(14)13-8-4-3-5-9-13/h3-12H,1-2H3. The van der Waals surface area contributed by atoms with Gasteiger partial charge < -0.3 is 4.74 Å². The Labute approximate surface area is 107 Å². The molecule has 0 heterocycles. The molecule has 2 aromatic carbocycles. The van der Waals surface area contributed by atoms with Crippen LogP contribution in [0, 0.1) is 0 Å². The predicted molar refractivity (Wildman–Crippen MR) is 72.3 cm³/mol. The minimum Gasteiger partial charge on any atom is -0.469 e. The van der Waals surface area contributed by atoms with Crippen LogP contribution in [0.5, 0.6) is 0 Å². The molecule has 0 spiro atoms. The zero-order valence-electron chi connectivity index (χ0n) is 10.6. The summed E-state index contributed by atoms with van der Waals surface area (Å²) in [6.07, 6.45) is 0. The van der Waals surface area contributed by atoms with Gasteiger partial charge in [0.15, 0.2) is 0 Å². The first kappa shape index (κ1) is 12.4. The number of benzene rings is 2. The third-order valence-corrected chi connectivity index (χ3v) is 3.07. The Morgan fingerprint density at radius 1 is 1.00 bits per heavy atom. The van der Waals surface area contributed by atoms with Crippen LogP contribution in [0.1, 0.15) is 18.4 Å². The van der Waals surface area contributed by atoms with Crippen molar-refractivity contribution in [3.8, 4) is 11.1 Å². The molecule has 2 heteroatoms. The van der Waals surface area contributed by atoms with Gasteiger partial charge in [-0.15, -0.1) is 0 Å². The quantitative estimate of drug-likeness (QED) is 0.766. The largest absolute Gasteiger partial charge is 0.469 e. The molecule has 0 amide bonds. The molecule has 0 fully saturated rings. The lowest BCUT2D eigenvalue weighted by Gasteiger charge is -2.14. The maximum atomic E-state index is 11.7. The summed E-state index contributed by atoms with van der Waals surface area (Å²) in [7, 11) is 1.42. The molecule has 92 valence electrons. The lowest BCUT2D eigenvalue weighted by Crippen LogP contribution is -2.11. The Bertz CT molecular complexity index is 532. The van der Waals surface area contributed by atoms with Crippen molar-refractivity contribution in [2.24, 2.45) is 0 Å². The number of esters is 1. The second-order valence-electron chi connectivity index (χ2n) is 4.20. The van der Waals surface area contributed by atoms with Crippen LogP contribution in [0.3, 0.4) is 0 Å². The fourth-order valence-electron chi connectivity index (χ4n) is 2.06. The topological polar surface area (TPSA) is 26.3 Å². The fourth-order valence-corrected chi connectivity index (χ4v) is 2.06. The van der Waals surface area contributed by atoms with Gasteiger partial charge in [0.1, 0.15) is 0 Å². The van der Waals surface area contributed by atoms with Crippen molar-refractivity contribution in [1.29, 1.82) is 0 Å². The number of rotatable bonds is 3. The van der Waals surface area contributed by atoms with E-state index in [1.54, 1.807) is 0 Å². The Balaban J connectivity index is 2.47. The maximum Gasteiger partial charge on any atom is 0.312 e. The smallest absolute Gasteiger partial charge is 0.312 e. The van der Waals surface area contributed by atoms with E-state index in [1.807, 2.05) is 61.5 Å². The second-order valence-corrected chi connectivity index (χ2v) is 4.20. The number of methoxy groups -OCH3 is 1. The normalized spacial score (nSPS) is 11.9. The van der Waals surface area contributed by atoms with Gasteiger partial charge in [0.2, 0.25) is 0 Å². The summed E-state index contributed by atoms with van der Waals surface area (Å²) in [5.41, 5.74) is 3.19. The summed E-state index contributed by atoms with van der Waals surface area (Å²) in [6.45, 7) is 1.87. The van der Waals surface area contributed by atoms with Gasteiger partial charge in [-0.05, 0) is 23.6 Å². The summed E-state index contributed by atoms with van der Waals surface area (Å²) < 4.78 is 4.82. The van der Waals surface area contributed by atoms with Crippen molar-refractivity contribution in [1.82, 2.24) is 0 Å². The highest BCUT2D eigenvalue weighted by molar-refractivity contribution is 5.82. The van der Waals surface area contributed by atoms with E-state index >= 15 is 0 Å². The highest BCUT2D eigenvalue weighted by Crippen LogP contribution is 2.29. The molecule has 0 saturated carbocycles. The summed E-state index contributed by atoms with van der Waals surface area (Å²) in [6, 6.07) is 18.0. The van der Waals surface area contributed by atoms with E-state index in [9.17, 15) is 4.79 Å². The molecule has 18 heavy (non-hydrogen) atoms. The molecule has 2 nitrogen and oxygen atoms in total. The van der Waals surface area contributed by atoms with E-state index in [0.29, 0.717) is 0 Å². The van der Waals surface area contributed by atoms with Crippen molar-refractivity contribution >= 4 is 5.97 Å². The number of ether oxygens (including phenoxy) is 1. The number of carbonyl (C=O) groups is 1. The monoisotopic (exact) mass is 240 g/mol. The SMILES string of the molecule is COC(=O)C(C)c1ccccc1-c1ccccc1. The number of hydrogen-bond donors (Lipinski definition) is 0. The number of hydrogen-bond acceptors (Lipinski definition) is 2. The summed E-state index contributed by atoms with van der Waals surface area (Å²) in [4.78, 5) is 11.7. The molecule has 0 radical (unpaired) electrons. The first-order valence-electron chi connectivity index (χ1n) is 5.96. The van der Waals surface area contributed by atoms with Crippen molar-refractivity contribution in [2.45, 2.75) is 12.8 Å². The van der Waals surface area contributed by atoms with Crippen LogP contribution >= 0.6 is 0 Å². The average Bonchev–Trinajstić information content (AvgIpc) is 2.46. The van der Waals surface area contributed by atoms with Gasteiger partial charge in [0.25, 0.3) is 0 Å². The third kappa shape index (κ3) is 2.43. The van der Waals surface area contributed by atoms with Crippen molar-refractivity contribution < 1.29 is 9.53 Å². The Morgan fingerprint density at radius 3 is 2.28 bits per heavy atom. The van der Waals surface area contributed by atoms with Gasteiger partial charge in [-0.25, -0.2) is 0 Å². The van der Waals surface area contributed by atoms with E-state index in [4.69, 9.17) is 4.74 Å². The fraction of sp³-hybridized carbons (Fsp3) is 0.188. The molecule has 2 aromatic rings. The minimum atomic E-state index is -0.258. The molecule has 0 saturated heterocycles. The molecule has 2 rings (SSSR count). The maximum absolute atomic E-state index is 11.7. The molecule has 0 aliphatic heterocycles. The molecule has 1 unspecified atom stereocenters. The van der Waals surface area contributed by atoms with Crippen LogP contribution in [0.4, 0.5) is 0 Å². The minimum absolute atomic E-state index is 0.210. The first-order chi connectivity index (χ1) is 8.74.